The van der Waals surface area contributed by atoms with Gasteiger partial charge in [-0.15, -0.1) is 0 Å². The molecule has 0 aliphatic heterocycles. The summed E-state index contributed by atoms with van der Waals surface area (Å²) in [5, 5.41) is 0. The summed E-state index contributed by atoms with van der Waals surface area (Å²) in [4.78, 5) is 18.5. The molecule has 0 atom stereocenters. The number of aromatic nitrogens is 2. The lowest BCUT2D eigenvalue weighted by Crippen LogP contribution is -2.28. The number of carbonyl (C=O) groups excluding carboxylic acids is 1. The minimum Gasteiger partial charge on any atom is -0.340 e. The number of imidazole rings is 1. The third kappa shape index (κ3) is 2.23. The van der Waals surface area contributed by atoms with Crippen molar-refractivity contribution in [3.05, 3.63) is 35.9 Å². The normalized spacial score (nSPS) is 10.8. The molecule has 18 heavy (non-hydrogen) atoms. The Labute approximate surface area is 107 Å². The quantitative estimate of drug-likeness (QED) is 0.830. The van der Waals surface area contributed by atoms with Crippen molar-refractivity contribution in [2.24, 2.45) is 0 Å². The highest BCUT2D eigenvalue weighted by atomic mass is 16.2. The molecule has 4 nitrogen and oxygen atoms in total. The van der Waals surface area contributed by atoms with Gasteiger partial charge in [-0.2, -0.15) is 0 Å². The summed E-state index contributed by atoms with van der Waals surface area (Å²) >= 11 is 0. The maximum absolute atomic E-state index is 12.3. The van der Waals surface area contributed by atoms with Crippen LogP contribution in [0, 0.1) is 6.92 Å². The molecule has 96 valence electrons. The predicted molar refractivity (Wildman–Crippen MR) is 71.8 cm³/mol. The number of rotatable bonds is 4. The van der Waals surface area contributed by atoms with Crippen molar-refractivity contribution in [2.75, 3.05) is 13.6 Å². The highest BCUT2D eigenvalue weighted by molar-refractivity contribution is 5.99. The zero-order chi connectivity index (χ0) is 13.1. The van der Waals surface area contributed by atoms with E-state index < -0.39 is 0 Å². The third-order valence-corrected chi connectivity index (χ3v) is 3.12. The first-order valence-electron chi connectivity index (χ1n) is 6.34. The van der Waals surface area contributed by atoms with Crippen LogP contribution in [0.15, 0.2) is 24.4 Å². The molecule has 0 saturated heterocycles. The van der Waals surface area contributed by atoms with Gasteiger partial charge in [-0.25, -0.2) is 4.98 Å². The lowest BCUT2D eigenvalue weighted by molar-refractivity contribution is 0.0790. The standard InChI is InChI=1S/C14H19N3O/c1-4-5-9-16(3)14(18)13-12-8-6-7-10-17(12)11(2)15-13/h6-8,10H,4-5,9H2,1-3H3. The first-order chi connectivity index (χ1) is 8.65. The molecule has 2 aromatic rings. The van der Waals surface area contributed by atoms with Crippen molar-refractivity contribution >= 4 is 11.4 Å². The molecule has 2 rings (SSSR count). The number of aryl methyl sites for hydroxylation is 1. The Morgan fingerprint density at radius 2 is 2.22 bits per heavy atom. The van der Waals surface area contributed by atoms with Crippen LogP contribution in [0.3, 0.4) is 0 Å². The topological polar surface area (TPSA) is 37.6 Å². The Hall–Kier alpha value is -1.84. The number of hydrogen-bond donors (Lipinski definition) is 0. The van der Waals surface area contributed by atoms with E-state index >= 15 is 0 Å². The molecule has 0 saturated carbocycles. The van der Waals surface area contributed by atoms with Crippen LogP contribution >= 0.6 is 0 Å². The second-order valence-electron chi connectivity index (χ2n) is 4.54. The smallest absolute Gasteiger partial charge is 0.274 e. The van der Waals surface area contributed by atoms with E-state index in [1.165, 1.54) is 0 Å². The van der Waals surface area contributed by atoms with E-state index in [0.29, 0.717) is 5.69 Å². The molecule has 2 heterocycles. The summed E-state index contributed by atoms with van der Waals surface area (Å²) in [6, 6.07) is 5.80. The van der Waals surface area contributed by atoms with Crippen molar-refractivity contribution in [1.82, 2.24) is 14.3 Å². The summed E-state index contributed by atoms with van der Waals surface area (Å²) in [5.74, 6) is 0.845. The number of nitrogens with zero attached hydrogens (tertiary/aromatic N) is 3. The Balaban J connectivity index is 2.33. The molecule has 0 aliphatic carbocycles. The molecule has 2 aromatic heterocycles. The highest BCUT2D eigenvalue weighted by Gasteiger charge is 2.18. The number of amides is 1. The lowest BCUT2D eigenvalue weighted by atomic mass is 10.2. The Morgan fingerprint density at radius 1 is 1.44 bits per heavy atom. The Kier molecular flexibility index (Phi) is 3.65. The molecule has 0 unspecified atom stereocenters. The van der Waals surface area contributed by atoms with Crippen LogP contribution in [0.1, 0.15) is 36.1 Å². The first-order valence-corrected chi connectivity index (χ1v) is 6.34. The fraction of sp³-hybridized carbons (Fsp3) is 0.429. The SMILES string of the molecule is CCCCN(C)C(=O)c1nc(C)n2ccccc12. The van der Waals surface area contributed by atoms with Gasteiger partial charge < -0.3 is 9.30 Å². The third-order valence-electron chi connectivity index (χ3n) is 3.12. The van der Waals surface area contributed by atoms with Gasteiger partial charge in [-0.1, -0.05) is 19.4 Å². The fourth-order valence-electron chi connectivity index (χ4n) is 2.03. The lowest BCUT2D eigenvalue weighted by Gasteiger charge is -2.15. The summed E-state index contributed by atoms with van der Waals surface area (Å²) in [6.07, 6.45) is 4.04. The van der Waals surface area contributed by atoms with E-state index in [9.17, 15) is 4.79 Å². The van der Waals surface area contributed by atoms with Crippen molar-refractivity contribution in [1.29, 1.82) is 0 Å². The van der Waals surface area contributed by atoms with Crippen LogP contribution in [-0.2, 0) is 0 Å². The molecule has 0 spiro atoms. The van der Waals surface area contributed by atoms with Gasteiger partial charge in [0.1, 0.15) is 5.82 Å². The van der Waals surface area contributed by atoms with Crippen molar-refractivity contribution in [3.8, 4) is 0 Å². The van der Waals surface area contributed by atoms with E-state index in [2.05, 4.69) is 11.9 Å². The number of carbonyl (C=O) groups is 1. The van der Waals surface area contributed by atoms with Crippen LogP contribution in [0.5, 0.6) is 0 Å². The zero-order valence-electron chi connectivity index (χ0n) is 11.2. The van der Waals surface area contributed by atoms with E-state index in [0.717, 1.165) is 30.7 Å². The second kappa shape index (κ2) is 5.21. The average molecular weight is 245 g/mol. The molecule has 0 N–H and O–H groups in total. The van der Waals surface area contributed by atoms with Crippen LogP contribution in [-0.4, -0.2) is 33.8 Å². The van der Waals surface area contributed by atoms with Gasteiger partial charge in [-0.3, -0.25) is 4.79 Å². The van der Waals surface area contributed by atoms with Crippen molar-refractivity contribution in [2.45, 2.75) is 26.7 Å². The fourth-order valence-corrected chi connectivity index (χ4v) is 2.03. The van der Waals surface area contributed by atoms with Gasteiger partial charge >= 0.3 is 0 Å². The molecular weight excluding hydrogens is 226 g/mol. The largest absolute Gasteiger partial charge is 0.340 e. The first kappa shape index (κ1) is 12.6. The van der Waals surface area contributed by atoms with E-state index in [4.69, 9.17) is 0 Å². The molecule has 0 aliphatic rings. The number of fused-ring (bicyclic) bond motifs is 1. The zero-order valence-corrected chi connectivity index (χ0v) is 11.2. The Bertz CT molecular complexity index is 559. The maximum atomic E-state index is 12.3. The molecule has 0 fully saturated rings. The van der Waals surface area contributed by atoms with Crippen LogP contribution in [0.25, 0.3) is 5.52 Å². The maximum Gasteiger partial charge on any atom is 0.274 e. The summed E-state index contributed by atoms with van der Waals surface area (Å²) in [6.45, 7) is 4.81. The predicted octanol–water partition coefficient (Wildman–Crippen LogP) is 2.51. The monoisotopic (exact) mass is 245 g/mol. The molecule has 4 heteroatoms. The van der Waals surface area contributed by atoms with E-state index in [-0.39, 0.29) is 5.91 Å². The second-order valence-corrected chi connectivity index (χ2v) is 4.54. The summed E-state index contributed by atoms with van der Waals surface area (Å²) in [5.41, 5.74) is 1.43. The van der Waals surface area contributed by atoms with Gasteiger partial charge in [-0.05, 0) is 25.5 Å². The molecular formula is C14H19N3O. The molecule has 0 aromatic carbocycles. The highest BCUT2D eigenvalue weighted by Crippen LogP contribution is 2.14. The molecule has 1 amide bonds. The number of hydrogen-bond acceptors (Lipinski definition) is 2. The van der Waals surface area contributed by atoms with Crippen LogP contribution in [0.4, 0.5) is 0 Å². The van der Waals surface area contributed by atoms with Crippen LogP contribution < -0.4 is 0 Å². The number of pyridine rings is 1. The van der Waals surface area contributed by atoms with Gasteiger partial charge in [0.2, 0.25) is 0 Å². The van der Waals surface area contributed by atoms with Crippen molar-refractivity contribution < 1.29 is 4.79 Å². The molecule has 0 radical (unpaired) electrons. The van der Waals surface area contributed by atoms with E-state index in [1.807, 2.05) is 42.8 Å². The Morgan fingerprint density at radius 3 is 2.94 bits per heavy atom. The molecule has 0 bridgehead atoms. The minimum absolute atomic E-state index is 0.000231. The van der Waals surface area contributed by atoms with Gasteiger partial charge in [0.05, 0.1) is 5.52 Å². The summed E-state index contributed by atoms with van der Waals surface area (Å²) in [7, 11) is 1.83. The van der Waals surface area contributed by atoms with Gasteiger partial charge in [0.25, 0.3) is 5.91 Å². The average Bonchev–Trinajstić information content (AvgIpc) is 2.73. The van der Waals surface area contributed by atoms with Gasteiger partial charge in [0.15, 0.2) is 5.69 Å². The number of unbranched alkanes of at least 4 members (excludes halogenated alkanes) is 1. The minimum atomic E-state index is 0.000231. The van der Waals surface area contributed by atoms with Gasteiger partial charge in [0, 0.05) is 19.8 Å². The summed E-state index contributed by atoms with van der Waals surface area (Å²) < 4.78 is 1.95. The van der Waals surface area contributed by atoms with E-state index in [1.54, 1.807) is 4.90 Å². The van der Waals surface area contributed by atoms with Crippen molar-refractivity contribution in [3.63, 3.8) is 0 Å². The van der Waals surface area contributed by atoms with Crippen LogP contribution in [0.2, 0.25) is 0 Å².